The zero-order valence-corrected chi connectivity index (χ0v) is 15.7. The Morgan fingerprint density at radius 3 is 1.50 bits per heavy atom. The van der Waals surface area contributed by atoms with Crippen LogP contribution in [0.25, 0.3) is 0 Å². The van der Waals surface area contributed by atoms with Gasteiger partial charge in [-0.15, -0.1) is 0 Å². The van der Waals surface area contributed by atoms with E-state index in [1.54, 1.807) is 0 Å². The summed E-state index contributed by atoms with van der Waals surface area (Å²) in [5.74, 6) is -46.7. The van der Waals surface area contributed by atoms with Crippen molar-refractivity contribution in [3.8, 4) is 0 Å². The highest BCUT2D eigenvalue weighted by molar-refractivity contribution is 7.63. The van der Waals surface area contributed by atoms with Gasteiger partial charge in [-0.25, -0.2) is 0 Å². The summed E-state index contributed by atoms with van der Waals surface area (Å²) in [6, 6.07) is 0. The van der Waals surface area contributed by atoms with E-state index >= 15 is 0 Å². The Kier molecular flexibility index (Phi) is 7.46. The Morgan fingerprint density at radius 2 is 1.10 bits per heavy atom. The molecule has 0 aromatic carbocycles. The Morgan fingerprint density at radius 1 is 0.667 bits per heavy atom. The summed E-state index contributed by atoms with van der Waals surface area (Å²) in [6.45, 7) is -2.87. The van der Waals surface area contributed by atoms with Gasteiger partial charge in [0.2, 0.25) is 8.45 Å². The minimum absolute atomic E-state index is 0.116. The average molecular weight is 535 g/mol. The van der Waals surface area contributed by atoms with Crippen molar-refractivity contribution in [1.29, 1.82) is 0 Å². The smallest absolute Gasteiger partial charge is 0.319 e. The van der Waals surface area contributed by atoms with Crippen molar-refractivity contribution in [2.24, 2.45) is 9.03 Å². The number of hydrogen-bond donors (Lipinski definition) is 1. The molecule has 1 unspecified atom stereocenters. The summed E-state index contributed by atoms with van der Waals surface area (Å²) in [5, 5.41) is 0. The predicted octanol–water partition coefficient (Wildman–Crippen LogP) is 7.30. The van der Waals surface area contributed by atoms with E-state index < -0.39 is 56.8 Å². The molecular formula is C8H3F15N3OP3. The van der Waals surface area contributed by atoms with E-state index in [1.165, 1.54) is 0 Å². The van der Waals surface area contributed by atoms with Gasteiger partial charge in [0.25, 0.3) is 0 Å². The molecule has 0 aromatic rings. The molecule has 0 amide bonds. The molecule has 0 radical (unpaired) electrons. The lowest BCUT2D eigenvalue weighted by molar-refractivity contribution is -0.453. The van der Waals surface area contributed by atoms with E-state index in [0.717, 1.165) is 0 Å². The van der Waals surface area contributed by atoms with Crippen molar-refractivity contribution in [2.75, 3.05) is 6.61 Å². The molecule has 1 heterocycles. The molecule has 0 saturated heterocycles. The molecule has 0 aromatic heterocycles. The number of alkyl halides is 15. The maximum absolute atomic E-state index is 13.5. The fraction of sp³-hybridized carbons (Fsp3) is 1.00. The predicted molar refractivity (Wildman–Crippen MR) is 70.4 cm³/mol. The zero-order chi connectivity index (χ0) is 24.0. The highest BCUT2D eigenvalue weighted by Crippen LogP contribution is 2.62. The van der Waals surface area contributed by atoms with Crippen molar-refractivity contribution in [3.05, 3.63) is 0 Å². The molecule has 1 N–H and O–H groups in total. The normalized spacial score (nSPS) is 21.1. The van der Waals surface area contributed by atoms with Gasteiger partial charge in [-0.05, 0) is 0 Å². The van der Waals surface area contributed by atoms with Crippen LogP contribution in [0.3, 0.4) is 0 Å². The fourth-order valence-corrected chi connectivity index (χ4v) is 4.42. The third-order valence-corrected chi connectivity index (χ3v) is 6.16. The second-order valence-electron chi connectivity index (χ2n) is 5.09. The minimum atomic E-state index is -8.30. The van der Waals surface area contributed by atoms with Crippen molar-refractivity contribution in [3.63, 3.8) is 0 Å². The van der Waals surface area contributed by atoms with Crippen molar-refractivity contribution < 1.29 is 70.4 Å². The molecule has 0 saturated carbocycles. The van der Waals surface area contributed by atoms with E-state index in [1.807, 2.05) is 4.86 Å². The molecule has 0 spiro atoms. The van der Waals surface area contributed by atoms with Gasteiger partial charge < -0.3 is 4.52 Å². The van der Waals surface area contributed by atoms with E-state index in [-0.39, 0.29) is 17.0 Å². The number of rotatable bonds is 8. The summed E-state index contributed by atoms with van der Waals surface area (Å²) in [5.41, 5.74) is 0. The molecule has 0 fully saturated rings. The van der Waals surface area contributed by atoms with Crippen LogP contribution in [0.1, 0.15) is 0 Å². The fourth-order valence-electron chi connectivity index (χ4n) is 1.44. The van der Waals surface area contributed by atoms with Crippen LogP contribution in [-0.2, 0) is 4.52 Å². The summed E-state index contributed by atoms with van der Waals surface area (Å²) in [7, 11) is -2.94. The zero-order valence-electron chi connectivity index (χ0n) is 13.0. The van der Waals surface area contributed by atoms with E-state index in [9.17, 15) is 65.9 Å². The van der Waals surface area contributed by atoms with Gasteiger partial charge in [0, 0.05) is 0 Å². The van der Waals surface area contributed by atoms with E-state index in [0.29, 0.717) is 0 Å². The van der Waals surface area contributed by atoms with Crippen LogP contribution in [0.2, 0.25) is 0 Å². The highest BCUT2D eigenvalue weighted by Gasteiger charge is 2.93. The number of nitrogens with zero attached hydrogens (tertiary/aromatic N) is 2. The second-order valence-corrected chi connectivity index (χ2v) is 8.50. The monoisotopic (exact) mass is 535 g/mol. The molecule has 4 nitrogen and oxygen atoms in total. The van der Waals surface area contributed by atoms with Crippen LogP contribution < -0.4 is 4.86 Å². The van der Waals surface area contributed by atoms with Crippen LogP contribution in [-0.4, -0.2) is 48.3 Å². The third-order valence-electron chi connectivity index (χ3n) is 3.10. The number of nitrogens with one attached hydrogen (secondary N) is 1. The minimum Gasteiger partial charge on any atom is -0.319 e. The molecule has 0 bridgehead atoms. The first kappa shape index (κ1) is 27.5. The largest absolute Gasteiger partial charge is 0.460 e. The lowest BCUT2D eigenvalue weighted by atomic mass is 9.91. The lowest BCUT2D eigenvalue weighted by Crippen LogP contribution is -2.73. The van der Waals surface area contributed by atoms with Crippen LogP contribution in [0, 0.1) is 0 Å². The first-order valence-electron chi connectivity index (χ1n) is 6.41. The standard InChI is InChI=1S/C8H3F15N3OP3/c9-2(10,1-27-30-25-28-24-29-26-30)3(11,12)4(13,14)5(15,16)6(17,18)7(19,20)8(21,22)23/h1H2,(H,24,25,26). The molecule has 176 valence electrons. The van der Waals surface area contributed by atoms with Gasteiger partial charge >= 0.3 is 41.7 Å². The van der Waals surface area contributed by atoms with Gasteiger partial charge in [-0.3, -0.25) is 0 Å². The maximum atomic E-state index is 13.5. The van der Waals surface area contributed by atoms with Gasteiger partial charge in [0.05, 0.1) is 0 Å². The summed E-state index contributed by atoms with van der Waals surface area (Å²) in [6.07, 6.45) is -7.63. The van der Waals surface area contributed by atoms with Crippen molar-refractivity contribution in [2.45, 2.75) is 41.7 Å². The van der Waals surface area contributed by atoms with E-state index in [2.05, 4.69) is 13.6 Å². The van der Waals surface area contributed by atoms with Gasteiger partial charge in [0.15, 0.2) is 8.52 Å². The molecule has 22 heteroatoms. The SMILES string of the molecule is FC(F)(F)C(F)(F)C(F)(F)C(F)(F)C(F)(F)C(F)(F)C(F)(F)COP1N=PN=PN1. The van der Waals surface area contributed by atoms with Crippen molar-refractivity contribution in [1.82, 2.24) is 4.86 Å². The Labute approximate surface area is 159 Å². The van der Waals surface area contributed by atoms with Crippen LogP contribution >= 0.6 is 25.5 Å². The van der Waals surface area contributed by atoms with Crippen molar-refractivity contribution >= 4 is 25.5 Å². The maximum Gasteiger partial charge on any atom is 0.460 e. The molecule has 1 rings (SSSR count). The Balaban J connectivity index is 3.29. The first-order chi connectivity index (χ1) is 13.1. The third kappa shape index (κ3) is 4.24. The highest BCUT2D eigenvalue weighted by atomic mass is 31.2. The molecule has 1 aliphatic rings. The van der Waals surface area contributed by atoms with Gasteiger partial charge in [-0.2, -0.15) is 79.7 Å². The molecule has 1 aliphatic heterocycles. The van der Waals surface area contributed by atoms with Gasteiger partial charge in [0.1, 0.15) is 15.1 Å². The number of halogens is 15. The summed E-state index contributed by atoms with van der Waals surface area (Å²) in [4.78, 5) is 1.99. The Bertz CT molecular complexity index is 693. The number of hydrogen-bond acceptors (Lipinski definition) is 4. The van der Waals surface area contributed by atoms with Crippen LogP contribution in [0.4, 0.5) is 65.9 Å². The van der Waals surface area contributed by atoms with E-state index in [4.69, 9.17) is 0 Å². The molecule has 30 heavy (non-hydrogen) atoms. The quantitative estimate of drug-likeness (QED) is 0.262. The second kappa shape index (κ2) is 8.13. The first-order valence-corrected chi connectivity index (χ1v) is 9.27. The molecule has 0 aliphatic carbocycles. The molecular weight excluding hydrogens is 532 g/mol. The summed E-state index contributed by atoms with van der Waals surface area (Å²) >= 11 is 0. The topological polar surface area (TPSA) is 46.0 Å². The average Bonchev–Trinajstić information content (AvgIpc) is 2.59. The summed E-state index contributed by atoms with van der Waals surface area (Å²) < 4.78 is 205. The lowest BCUT2D eigenvalue weighted by Gasteiger charge is -2.41. The van der Waals surface area contributed by atoms with Gasteiger partial charge in [-0.1, -0.05) is 0 Å². The van der Waals surface area contributed by atoms with Crippen LogP contribution in [0.5, 0.6) is 0 Å². The van der Waals surface area contributed by atoms with Crippen LogP contribution in [0.15, 0.2) is 9.03 Å². The molecule has 1 atom stereocenters. The Hall–Kier alpha value is -0.500.